The van der Waals surface area contributed by atoms with Crippen LogP contribution in [0.25, 0.3) is 10.2 Å². The summed E-state index contributed by atoms with van der Waals surface area (Å²) in [6.07, 6.45) is 2.03. The third-order valence-electron chi connectivity index (χ3n) is 3.37. The van der Waals surface area contributed by atoms with Gasteiger partial charge in [-0.1, -0.05) is 23.5 Å². The van der Waals surface area contributed by atoms with Crippen molar-refractivity contribution in [2.45, 2.75) is 18.9 Å². The molecule has 3 rings (SSSR count). The molecule has 1 saturated heterocycles. The van der Waals surface area contributed by atoms with E-state index in [0.717, 1.165) is 30.0 Å². The van der Waals surface area contributed by atoms with Crippen molar-refractivity contribution in [2.24, 2.45) is 0 Å². The van der Waals surface area contributed by atoms with Crippen LogP contribution in [-0.2, 0) is 4.79 Å². The molecule has 1 aliphatic rings. The molecule has 20 heavy (non-hydrogen) atoms. The van der Waals surface area contributed by atoms with Crippen LogP contribution < -0.4 is 16.0 Å². The minimum Gasteiger partial charge on any atom is -0.360 e. The normalized spacial score (nSPS) is 18.3. The standard InChI is InChI=1S/C14H18N4OS/c19-13(11-5-3-7-15-11)16-8-9-17-14-18-10-4-1-2-6-12(10)20-14/h1-2,4,6,11,15H,3,5,7-9H2,(H,16,19)(H,17,18). The zero-order chi connectivity index (χ0) is 13.8. The second-order valence-electron chi connectivity index (χ2n) is 4.85. The molecule has 1 atom stereocenters. The van der Waals surface area contributed by atoms with Crippen LogP contribution in [0.1, 0.15) is 12.8 Å². The molecule has 3 N–H and O–H groups in total. The molecule has 5 nitrogen and oxygen atoms in total. The van der Waals surface area contributed by atoms with Crippen LogP contribution in [0.2, 0.25) is 0 Å². The summed E-state index contributed by atoms with van der Waals surface area (Å²) in [6.45, 7) is 2.26. The molecule has 2 aromatic rings. The van der Waals surface area contributed by atoms with Crippen LogP contribution in [0.15, 0.2) is 24.3 Å². The number of benzene rings is 1. The Hall–Kier alpha value is -1.66. The van der Waals surface area contributed by atoms with Gasteiger partial charge in [-0.2, -0.15) is 0 Å². The van der Waals surface area contributed by atoms with Crippen LogP contribution >= 0.6 is 11.3 Å². The zero-order valence-electron chi connectivity index (χ0n) is 11.2. The maximum atomic E-state index is 11.8. The Labute approximate surface area is 121 Å². The largest absolute Gasteiger partial charge is 0.360 e. The molecule has 2 heterocycles. The Bertz CT molecular complexity index is 559. The van der Waals surface area contributed by atoms with Crippen LogP contribution in [0, 0.1) is 0 Å². The van der Waals surface area contributed by atoms with Crippen LogP contribution in [0.4, 0.5) is 5.13 Å². The quantitative estimate of drug-likeness (QED) is 0.731. The molecule has 0 aliphatic carbocycles. The van der Waals surface area contributed by atoms with Gasteiger partial charge in [0.15, 0.2) is 5.13 Å². The van der Waals surface area contributed by atoms with Gasteiger partial charge in [-0.15, -0.1) is 0 Å². The topological polar surface area (TPSA) is 66.0 Å². The summed E-state index contributed by atoms with van der Waals surface area (Å²) in [7, 11) is 0. The minimum absolute atomic E-state index is 0.00236. The Morgan fingerprint density at radius 1 is 1.40 bits per heavy atom. The molecule has 1 aromatic heterocycles. The second-order valence-corrected chi connectivity index (χ2v) is 5.88. The first-order chi connectivity index (χ1) is 9.83. The van der Waals surface area contributed by atoms with Gasteiger partial charge in [0.2, 0.25) is 5.91 Å². The fourth-order valence-electron chi connectivity index (χ4n) is 2.33. The van der Waals surface area contributed by atoms with Gasteiger partial charge in [0.1, 0.15) is 0 Å². The number of nitrogens with one attached hydrogen (secondary N) is 3. The lowest BCUT2D eigenvalue weighted by Crippen LogP contribution is -2.42. The molecule has 1 fully saturated rings. The number of nitrogens with zero attached hydrogens (tertiary/aromatic N) is 1. The molecule has 1 aromatic carbocycles. The first kappa shape index (κ1) is 13.3. The van der Waals surface area contributed by atoms with Gasteiger partial charge in [-0.25, -0.2) is 4.98 Å². The Morgan fingerprint density at radius 2 is 2.30 bits per heavy atom. The molecule has 0 saturated carbocycles. The van der Waals surface area contributed by atoms with Crippen molar-refractivity contribution >= 4 is 32.6 Å². The smallest absolute Gasteiger partial charge is 0.237 e. The van der Waals surface area contributed by atoms with Crippen molar-refractivity contribution in [3.05, 3.63) is 24.3 Å². The summed E-state index contributed by atoms with van der Waals surface area (Å²) in [5.41, 5.74) is 1.01. The maximum Gasteiger partial charge on any atom is 0.237 e. The minimum atomic E-state index is -0.00236. The van der Waals surface area contributed by atoms with Gasteiger partial charge < -0.3 is 16.0 Å². The predicted octanol–water partition coefficient (Wildman–Crippen LogP) is 1.58. The third kappa shape index (κ3) is 3.08. The molecule has 0 spiro atoms. The van der Waals surface area contributed by atoms with E-state index >= 15 is 0 Å². The number of hydrogen-bond acceptors (Lipinski definition) is 5. The van der Waals surface area contributed by atoms with Crippen LogP contribution in [-0.4, -0.2) is 36.6 Å². The maximum absolute atomic E-state index is 11.8. The number of anilines is 1. The fourth-order valence-corrected chi connectivity index (χ4v) is 3.23. The van der Waals surface area contributed by atoms with Gasteiger partial charge in [-0.3, -0.25) is 4.79 Å². The number of carbonyl (C=O) groups is 1. The lowest BCUT2D eigenvalue weighted by molar-refractivity contribution is -0.122. The number of rotatable bonds is 5. The summed E-state index contributed by atoms with van der Waals surface area (Å²) in [4.78, 5) is 16.3. The lowest BCUT2D eigenvalue weighted by Gasteiger charge is -2.10. The summed E-state index contributed by atoms with van der Waals surface area (Å²) in [5, 5.41) is 10.3. The van der Waals surface area contributed by atoms with E-state index in [1.165, 1.54) is 4.70 Å². The van der Waals surface area contributed by atoms with E-state index in [0.29, 0.717) is 13.1 Å². The lowest BCUT2D eigenvalue weighted by atomic mass is 10.2. The molecule has 0 bridgehead atoms. The van der Waals surface area contributed by atoms with E-state index < -0.39 is 0 Å². The van der Waals surface area contributed by atoms with E-state index in [1.807, 2.05) is 18.2 Å². The average Bonchev–Trinajstić information content (AvgIpc) is 3.11. The molecular formula is C14H18N4OS. The van der Waals surface area contributed by atoms with E-state index in [4.69, 9.17) is 0 Å². The summed E-state index contributed by atoms with van der Waals surface area (Å²) >= 11 is 1.63. The Morgan fingerprint density at radius 3 is 3.10 bits per heavy atom. The second kappa shape index (κ2) is 6.19. The highest BCUT2D eigenvalue weighted by Gasteiger charge is 2.21. The monoisotopic (exact) mass is 290 g/mol. The average molecular weight is 290 g/mol. The van der Waals surface area contributed by atoms with Crippen LogP contribution in [0.5, 0.6) is 0 Å². The first-order valence-electron chi connectivity index (χ1n) is 6.93. The van der Waals surface area contributed by atoms with Crippen molar-refractivity contribution in [1.82, 2.24) is 15.6 Å². The van der Waals surface area contributed by atoms with E-state index in [9.17, 15) is 4.79 Å². The third-order valence-corrected chi connectivity index (χ3v) is 4.37. The van der Waals surface area contributed by atoms with Crippen molar-refractivity contribution in [2.75, 3.05) is 25.0 Å². The Kier molecular flexibility index (Phi) is 4.13. The highest BCUT2D eigenvalue weighted by Crippen LogP contribution is 2.24. The summed E-state index contributed by atoms with van der Waals surface area (Å²) in [6, 6.07) is 8.06. The molecule has 0 radical (unpaired) electrons. The van der Waals surface area contributed by atoms with Crippen LogP contribution in [0.3, 0.4) is 0 Å². The van der Waals surface area contributed by atoms with Crippen molar-refractivity contribution < 1.29 is 4.79 Å². The number of thiazole rings is 1. The predicted molar refractivity (Wildman–Crippen MR) is 82.1 cm³/mol. The molecule has 6 heteroatoms. The van der Waals surface area contributed by atoms with E-state index in [-0.39, 0.29) is 11.9 Å². The first-order valence-corrected chi connectivity index (χ1v) is 7.75. The summed E-state index contributed by atoms with van der Waals surface area (Å²) in [5.74, 6) is 0.105. The number of carbonyl (C=O) groups excluding carboxylic acids is 1. The number of hydrogen-bond donors (Lipinski definition) is 3. The SMILES string of the molecule is O=C(NCCNc1nc2ccccc2s1)C1CCCN1. The van der Waals surface area contributed by atoms with Gasteiger partial charge in [0.05, 0.1) is 16.3 Å². The number of amides is 1. The van der Waals surface area contributed by atoms with E-state index in [1.54, 1.807) is 11.3 Å². The van der Waals surface area contributed by atoms with Crippen molar-refractivity contribution in [3.8, 4) is 0 Å². The molecule has 1 unspecified atom stereocenters. The van der Waals surface area contributed by atoms with Gasteiger partial charge >= 0.3 is 0 Å². The van der Waals surface area contributed by atoms with Gasteiger partial charge in [0, 0.05) is 13.1 Å². The van der Waals surface area contributed by atoms with Crippen molar-refractivity contribution in [3.63, 3.8) is 0 Å². The fraction of sp³-hybridized carbons (Fsp3) is 0.429. The molecule has 106 valence electrons. The highest BCUT2D eigenvalue weighted by atomic mass is 32.1. The Balaban J connectivity index is 1.44. The number of fused-ring (bicyclic) bond motifs is 1. The number of para-hydroxylation sites is 1. The van der Waals surface area contributed by atoms with E-state index in [2.05, 4.69) is 27.0 Å². The highest BCUT2D eigenvalue weighted by molar-refractivity contribution is 7.22. The van der Waals surface area contributed by atoms with Gasteiger partial charge in [0.25, 0.3) is 0 Å². The number of aromatic nitrogens is 1. The molecular weight excluding hydrogens is 272 g/mol. The van der Waals surface area contributed by atoms with Gasteiger partial charge in [-0.05, 0) is 31.5 Å². The summed E-state index contributed by atoms with van der Waals surface area (Å²) < 4.78 is 1.18. The zero-order valence-corrected chi connectivity index (χ0v) is 12.0. The van der Waals surface area contributed by atoms with Crippen molar-refractivity contribution in [1.29, 1.82) is 0 Å². The molecule has 1 amide bonds. The molecule has 1 aliphatic heterocycles.